The summed E-state index contributed by atoms with van der Waals surface area (Å²) in [6.45, 7) is 0. The molecule has 2 rings (SSSR count). The van der Waals surface area contributed by atoms with Crippen LogP contribution in [0.2, 0.25) is 0 Å². The van der Waals surface area contributed by atoms with Crippen LogP contribution in [0.3, 0.4) is 0 Å². The fourth-order valence-corrected chi connectivity index (χ4v) is 2.13. The molecule has 0 aliphatic heterocycles. The Bertz CT molecular complexity index is 483. The minimum Gasteiger partial charge on any atom is -0.497 e. The summed E-state index contributed by atoms with van der Waals surface area (Å²) in [6.07, 6.45) is 3.38. The first-order chi connectivity index (χ1) is 7.76. The molecule has 16 heavy (non-hydrogen) atoms. The van der Waals surface area contributed by atoms with Gasteiger partial charge in [0.1, 0.15) is 11.5 Å². The molecule has 0 saturated carbocycles. The molecule has 0 spiro atoms. The van der Waals surface area contributed by atoms with Gasteiger partial charge >= 0.3 is 0 Å². The van der Waals surface area contributed by atoms with Gasteiger partial charge in [-0.2, -0.15) is 0 Å². The Morgan fingerprint density at radius 3 is 2.62 bits per heavy atom. The minimum atomic E-state index is 0.732. The smallest absolute Gasteiger partial charge is 0.133 e. The largest absolute Gasteiger partial charge is 0.497 e. The van der Waals surface area contributed by atoms with Crippen LogP contribution in [0.25, 0.3) is 11.3 Å². The van der Waals surface area contributed by atoms with Gasteiger partial charge in [0, 0.05) is 10.5 Å². The molecule has 1 aromatic carbocycles. The summed E-state index contributed by atoms with van der Waals surface area (Å²) in [4.78, 5) is 7.04. The Labute approximate surface area is 102 Å². The van der Waals surface area contributed by atoms with Crippen molar-refractivity contribution in [2.45, 2.75) is 0 Å². The number of imidazole rings is 1. The summed E-state index contributed by atoms with van der Waals surface area (Å²) in [5, 5.41) is 0. The van der Waals surface area contributed by atoms with E-state index in [1.165, 1.54) is 0 Å². The Hall–Kier alpha value is -1.49. The van der Waals surface area contributed by atoms with Crippen LogP contribution in [-0.4, -0.2) is 24.2 Å². The lowest BCUT2D eigenvalue weighted by atomic mass is 10.1. The molecule has 2 aromatic rings. The summed E-state index contributed by atoms with van der Waals surface area (Å²) < 4.78 is 11.4. The zero-order valence-corrected chi connectivity index (χ0v) is 10.5. The molecular formula is C11H11BrN2O2. The van der Waals surface area contributed by atoms with Gasteiger partial charge < -0.3 is 14.5 Å². The number of nitrogens with zero attached hydrogens (tertiary/aromatic N) is 1. The van der Waals surface area contributed by atoms with Crippen LogP contribution >= 0.6 is 15.9 Å². The number of hydrogen-bond donors (Lipinski definition) is 1. The number of rotatable bonds is 3. The lowest BCUT2D eigenvalue weighted by Crippen LogP contribution is -1.92. The predicted octanol–water partition coefficient (Wildman–Crippen LogP) is 2.86. The van der Waals surface area contributed by atoms with E-state index < -0.39 is 0 Å². The predicted molar refractivity (Wildman–Crippen MR) is 64.8 cm³/mol. The van der Waals surface area contributed by atoms with Crippen LogP contribution in [0.4, 0.5) is 0 Å². The molecule has 4 nitrogen and oxygen atoms in total. The van der Waals surface area contributed by atoms with Crippen LogP contribution in [0, 0.1) is 0 Å². The number of aromatic amines is 1. The number of H-pyrrole nitrogens is 1. The van der Waals surface area contributed by atoms with E-state index in [0.717, 1.165) is 27.2 Å². The Morgan fingerprint density at radius 1 is 1.25 bits per heavy atom. The van der Waals surface area contributed by atoms with Crippen molar-refractivity contribution in [1.29, 1.82) is 0 Å². The van der Waals surface area contributed by atoms with E-state index in [2.05, 4.69) is 25.9 Å². The van der Waals surface area contributed by atoms with Gasteiger partial charge in [-0.25, -0.2) is 4.98 Å². The van der Waals surface area contributed by atoms with Crippen LogP contribution in [-0.2, 0) is 0 Å². The van der Waals surface area contributed by atoms with Gasteiger partial charge in [0.15, 0.2) is 0 Å². The lowest BCUT2D eigenvalue weighted by molar-refractivity contribution is 0.395. The standard InChI is InChI=1S/C11H11BrN2O2/c1-15-7-3-8(12)11(10(4-7)16-2)9-5-13-6-14-9/h3-6H,1-2H3,(H,13,14). The SMILES string of the molecule is COc1cc(Br)c(-c2cnc[nH]2)c(OC)c1. The molecule has 0 aliphatic carbocycles. The number of aromatic nitrogens is 2. The molecule has 84 valence electrons. The van der Waals surface area contributed by atoms with Crippen molar-refractivity contribution in [1.82, 2.24) is 9.97 Å². The third-order valence-corrected chi connectivity index (χ3v) is 2.88. The van der Waals surface area contributed by atoms with Gasteiger partial charge in [-0.3, -0.25) is 0 Å². The first-order valence-electron chi connectivity index (χ1n) is 4.66. The van der Waals surface area contributed by atoms with Gasteiger partial charge in [-0.15, -0.1) is 0 Å². The topological polar surface area (TPSA) is 47.1 Å². The quantitative estimate of drug-likeness (QED) is 0.942. The van der Waals surface area contributed by atoms with E-state index in [9.17, 15) is 0 Å². The maximum atomic E-state index is 5.33. The third kappa shape index (κ3) is 1.90. The zero-order valence-electron chi connectivity index (χ0n) is 8.95. The molecule has 0 saturated heterocycles. The molecule has 0 unspecified atom stereocenters. The van der Waals surface area contributed by atoms with Gasteiger partial charge in [0.2, 0.25) is 0 Å². The van der Waals surface area contributed by atoms with Crippen molar-refractivity contribution in [3.63, 3.8) is 0 Å². The highest BCUT2D eigenvalue weighted by Gasteiger charge is 2.13. The number of hydrogen-bond acceptors (Lipinski definition) is 3. The molecule has 1 heterocycles. The normalized spacial score (nSPS) is 10.2. The molecule has 0 aliphatic rings. The van der Waals surface area contributed by atoms with Crippen molar-refractivity contribution in [2.75, 3.05) is 14.2 Å². The van der Waals surface area contributed by atoms with E-state index in [1.54, 1.807) is 26.7 Å². The van der Waals surface area contributed by atoms with Gasteiger partial charge in [-0.1, -0.05) is 0 Å². The van der Waals surface area contributed by atoms with E-state index in [0.29, 0.717) is 0 Å². The van der Waals surface area contributed by atoms with Gasteiger partial charge in [0.25, 0.3) is 0 Å². The third-order valence-electron chi connectivity index (χ3n) is 2.25. The summed E-state index contributed by atoms with van der Waals surface area (Å²) in [5.41, 5.74) is 1.83. The Morgan fingerprint density at radius 2 is 2.06 bits per heavy atom. The molecule has 5 heteroatoms. The Balaban J connectivity index is 2.60. The van der Waals surface area contributed by atoms with E-state index in [4.69, 9.17) is 9.47 Å². The van der Waals surface area contributed by atoms with E-state index in [1.807, 2.05) is 12.1 Å². The first-order valence-corrected chi connectivity index (χ1v) is 5.46. The van der Waals surface area contributed by atoms with Gasteiger partial charge in [0.05, 0.1) is 38.0 Å². The average Bonchev–Trinajstić information content (AvgIpc) is 2.81. The molecule has 0 bridgehead atoms. The maximum absolute atomic E-state index is 5.33. The molecule has 0 fully saturated rings. The van der Waals surface area contributed by atoms with Crippen molar-refractivity contribution >= 4 is 15.9 Å². The van der Waals surface area contributed by atoms with Crippen LogP contribution in [0.1, 0.15) is 0 Å². The number of ether oxygens (including phenoxy) is 2. The molecule has 1 N–H and O–H groups in total. The number of benzene rings is 1. The van der Waals surface area contributed by atoms with Crippen LogP contribution < -0.4 is 9.47 Å². The minimum absolute atomic E-state index is 0.732. The molecular weight excluding hydrogens is 272 g/mol. The zero-order chi connectivity index (χ0) is 11.5. The maximum Gasteiger partial charge on any atom is 0.133 e. The summed E-state index contributed by atoms with van der Waals surface area (Å²) in [7, 11) is 3.25. The fourth-order valence-electron chi connectivity index (χ4n) is 1.49. The highest BCUT2D eigenvalue weighted by atomic mass is 79.9. The van der Waals surface area contributed by atoms with E-state index in [-0.39, 0.29) is 0 Å². The highest BCUT2D eigenvalue weighted by molar-refractivity contribution is 9.10. The number of nitrogens with one attached hydrogen (secondary N) is 1. The lowest BCUT2D eigenvalue weighted by Gasteiger charge is -2.11. The summed E-state index contributed by atoms with van der Waals surface area (Å²) in [6, 6.07) is 3.72. The first kappa shape index (κ1) is 11.0. The highest BCUT2D eigenvalue weighted by Crippen LogP contribution is 2.38. The van der Waals surface area contributed by atoms with Gasteiger partial charge in [-0.05, 0) is 22.0 Å². The van der Waals surface area contributed by atoms with Crippen molar-refractivity contribution in [2.24, 2.45) is 0 Å². The fraction of sp³-hybridized carbons (Fsp3) is 0.182. The second kappa shape index (κ2) is 4.57. The molecule has 0 amide bonds. The second-order valence-electron chi connectivity index (χ2n) is 3.15. The average molecular weight is 283 g/mol. The number of methoxy groups -OCH3 is 2. The molecule has 1 aromatic heterocycles. The summed E-state index contributed by atoms with van der Waals surface area (Å²) in [5.74, 6) is 1.47. The van der Waals surface area contributed by atoms with Crippen molar-refractivity contribution in [3.05, 3.63) is 29.1 Å². The molecule has 0 atom stereocenters. The number of halogens is 1. The Kier molecular flexibility index (Phi) is 3.14. The van der Waals surface area contributed by atoms with Crippen LogP contribution in [0.5, 0.6) is 11.5 Å². The van der Waals surface area contributed by atoms with Crippen LogP contribution in [0.15, 0.2) is 29.1 Å². The second-order valence-corrected chi connectivity index (χ2v) is 4.01. The summed E-state index contributed by atoms with van der Waals surface area (Å²) >= 11 is 3.49. The van der Waals surface area contributed by atoms with E-state index >= 15 is 0 Å². The van der Waals surface area contributed by atoms with Crippen molar-refractivity contribution in [3.8, 4) is 22.8 Å². The van der Waals surface area contributed by atoms with Crippen molar-refractivity contribution < 1.29 is 9.47 Å². The molecule has 0 radical (unpaired) electrons. The monoisotopic (exact) mass is 282 g/mol.